The molecule has 0 spiro atoms. The van der Waals surface area contributed by atoms with E-state index in [-0.39, 0.29) is 11.9 Å². The van der Waals surface area contributed by atoms with Gasteiger partial charge in [0.1, 0.15) is 5.75 Å². The fourth-order valence-electron chi connectivity index (χ4n) is 2.77. The lowest BCUT2D eigenvalue weighted by Gasteiger charge is -2.15. The largest absolute Gasteiger partial charge is 0.494 e. The summed E-state index contributed by atoms with van der Waals surface area (Å²) < 4.78 is 10.6. The van der Waals surface area contributed by atoms with Crippen LogP contribution in [0, 0.1) is 13.8 Å². The minimum atomic E-state index is -0.178. The van der Waals surface area contributed by atoms with Crippen LogP contribution in [-0.2, 0) is 0 Å². The van der Waals surface area contributed by atoms with Crippen LogP contribution in [0.5, 0.6) is 5.75 Å². The van der Waals surface area contributed by atoms with Gasteiger partial charge in [0.15, 0.2) is 0 Å². The summed E-state index contributed by atoms with van der Waals surface area (Å²) >= 11 is 0. The molecular formula is C19H21N3O3. The fourth-order valence-corrected chi connectivity index (χ4v) is 2.77. The number of fused-ring (bicyclic) bond motifs is 1. The van der Waals surface area contributed by atoms with Crippen LogP contribution in [0.15, 0.2) is 34.9 Å². The first-order valence-corrected chi connectivity index (χ1v) is 8.26. The third-order valence-corrected chi connectivity index (χ3v) is 4.03. The zero-order chi connectivity index (χ0) is 18.0. The Bertz CT molecular complexity index is 900. The molecule has 0 radical (unpaired) electrons. The zero-order valence-corrected chi connectivity index (χ0v) is 14.8. The van der Waals surface area contributed by atoms with Crippen LogP contribution < -0.4 is 10.1 Å². The monoisotopic (exact) mass is 339 g/mol. The molecule has 0 aliphatic heterocycles. The van der Waals surface area contributed by atoms with E-state index in [4.69, 9.17) is 9.26 Å². The Morgan fingerprint density at radius 3 is 2.68 bits per heavy atom. The molecule has 0 bridgehead atoms. The van der Waals surface area contributed by atoms with E-state index in [1.165, 1.54) is 0 Å². The van der Waals surface area contributed by atoms with Crippen LogP contribution in [0.4, 0.5) is 0 Å². The van der Waals surface area contributed by atoms with Crippen LogP contribution in [-0.4, -0.2) is 22.7 Å². The number of aryl methyl sites for hydroxylation is 2. The topological polar surface area (TPSA) is 77.2 Å². The molecule has 0 unspecified atom stereocenters. The quantitative estimate of drug-likeness (QED) is 0.766. The van der Waals surface area contributed by atoms with Gasteiger partial charge in [0.25, 0.3) is 11.6 Å². The molecule has 2 heterocycles. The Balaban J connectivity index is 1.83. The maximum absolute atomic E-state index is 12.8. The van der Waals surface area contributed by atoms with Crippen LogP contribution in [0.1, 0.15) is 47.2 Å². The van der Waals surface area contributed by atoms with Gasteiger partial charge in [-0.3, -0.25) is 4.79 Å². The summed E-state index contributed by atoms with van der Waals surface area (Å²) in [6.45, 7) is 8.14. The number of pyridine rings is 1. The van der Waals surface area contributed by atoms with Crippen LogP contribution in [0.2, 0.25) is 0 Å². The summed E-state index contributed by atoms with van der Waals surface area (Å²) in [7, 11) is 0. The molecule has 6 nitrogen and oxygen atoms in total. The summed E-state index contributed by atoms with van der Waals surface area (Å²) in [6.07, 6.45) is 0. The maximum Gasteiger partial charge on any atom is 0.258 e. The number of nitrogens with zero attached hydrogens (tertiary/aromatic N) is 2. The number of hydrogen-bond acceptors (Lipinski definition) is 5. The van der Waals surface area contributed by atoms with E-state index in [1.807, 2.05) is 45.0 Å². The number of carbonyl (C=O) groups excluding carboxylic acids is 1. The molecule has 3 aromatic rings. The lowest BCUT2D eigenvalue weighted by atomic mass is 10.1. The molecule has 1 atom stereocenters. The molecule has 3 rings (SSSR count). The average Bonchev–Trinajstić information content (AvgIpc) is 2.96. The molecule has 0 saturated heterocycles. The second kappa shape index (κ2) is 6.93. The average molecular weight is 339 g/mol. The van der Waals surface area contributed by atoms with Gasteiger partial charge in [-0.25, -0.2) is 4.98 Å². The van der Waals surface area contributed by atoms with Gasteiger partial charge in [-0.15, -0.1) is 0 Å². The van der Waals surface area contributed by atoms with E-state index in [0.717, 1.165) is 11.3 Å². The van der Waals surface area contributed by atoms with Crippen molar-refractivity contribution in [3.05, 3.63) is 52.8 Å². The van der Waals surface area contributed by atoms with Crippen molar-refractivity contribution < 1.29 is 14.1 Å². The lowest BCUT2D eigenvalue weighted by Crippen LogP contribution is -2.27. The Morgan fingerprint density at radius 1 is 1.28 bits per heavy atom. The lowest BCUT2D eigenvalue weighted by molar-refractivity contribution is 0.0941. The zero-order valence-electron chi connectivity index (χ0n) is 14.8. The van der Waals surface area contributed by atoms with Crippen molar-refractivity contribution in [1.82, 2.24) is 15.5 Å². The van der Waals surface area contributed by atoms with E-state index in [2.05, 4.69) is 15.5 Å². The Labute approximate surface area is 146 Å². The number of amides is 1. The third-order valence-electron chi connectivity index (χ3n) is 4.03. The molecule has 0 aliphatic carbocycles. The first-order chi connectivity index (χ1) is 12.0. The van der Waals surface area contributed by atoms with Crippen molar-refractivity contribution in [3.8, 4) is 5.75 Å². The van der Waals surface area contributed by atoms with Crippen molar-refractivity contribution >= 4 is 17.0 Å². The maximum atomic E-state index is 12.8. The number of hydrogen-bond donors (Lipinski definition) is 1. The summed E-state index contributed by atoms with van der Waals surface area (Å²) in [4.78, 5) is 17.1. The van der Waals surface area contributed by atoms with Gasteiger partial charge in [-0.1, -0.05) is 17.3 Å². The molecular weight excluding hydrogens is 318 g/mol. The van der Waals surface area contributed by atoms with E-state index in [9.17, 15) is 4.79 Å². The molecule has 0 saturated carbocycles. The molecule has 2 aromatic heterocycles. The van der Waals surface area contributed by atoms with Crippen LogP contribution >= 0.6 is 0 Å². The molecule has 1 N–H and O–H groups in total. The van der Waals surface area contributed by atoms with Gasteiger partial charge in [0.05, 0.1) is 29.3 Å². The van der Waals surface area contributed by atoms with Gasteiger partial charge in [-0.2, -0.15) is 0 Å². The third kappa shape index (κ3) is 3.47. The highest BCUT2D eigenvalue weighted by Gasteiger charge is 2.19. The second-order valence-electron chi connectivity index (χ2n) is 5.96. The smallest absolute Gasteiger partial charge is 0.258 e. The molecule has 130 valence electrons. The van der Waals surface area contributed by atoms with Crippen molar-refractivity contribution in [3.63, 3.8) is 0 Å². The predicted octanol–water partition coefficient (Wildman–Crippen LogP) is 3.73. The Kier molecular flexibility index (Phi) is 4.70. The molecule has 1 aromatic carbocycles. The van der Waals surface area contributed by atoms with Crippen molar-refractivity contribution in [2.24, 2.45) is 0 Å². The van der Waals surface area contributed by atoms with Crippen molar-refractivity contribution in [1.29, 1.82) is 0 Å². The molecule has 0 fully saturated rings. The summed E-state index contributed by atoms with van der Waals surface area (Å²) in [5, 5.41) is 7.59. The first kappa shape index (κ1) is 17.0. The number of nitrogens with one attached hydrogen (secondary N) is 1. The Morgan fingerprint density at radius 2 is 2.00 bits per heavy atom. The standard InChI is InChI=1S/C19H21N3O3/c1-5-24-15-8-6-14(7-9-15)12(3)21-18(23)16-10-11(2)20-19-17(16)13(4)22-25-19/h6-10,12H,5H2,1-4H3,(H,21,23)/t12-/m1/s1. The molecule has 0 aliphatic rings. The van der Waals surface area contributed by atoms with Gasteiger partial charge < -0.3 is 14.6 Å². The van der Waals surface area contributed by atoms with Crippen molar-refractivity contribution in [2.75, 3.05) is 6.61 Å². The van der Waals surface area contributed by atoms with E-state index < -0.39 is 0 Å². The highest BCUT2D eigenvalue weighted by atomic mass is 16.5. The van der Waals surface area contributed by atoms with Crippen LogP contribution in [0.25, 0.3) is 11.1 Å². The van der Waals surface area contributed by atoms with Gasteiger partial charge in [0, 0.05) is 5.69 Å². The summed E-state index contributed by atoms with van der Waals surface area (Å²) in [5.41, 5.74) is 3.28. The minimum absolute atomic E-state index is 0.146. The normalized spacial score (nSPS) is 12.2. The predicted molar refractivity (Wildman–Crippen MR) is 94.8 cm³/mol. The van der Waals surface area contributed by atoms with Gasteiger partial charge >= 0.3 is 0 Å². The van der Waals surface area contributed by atoms with Gasteiger partial charge in [0.2, 0.25) is 0 Å². The van der Waals surface area contributed by atoms with Gasteiger partial charge in [-0.05, 0) is 51.5 Å². The van der Waals surface area contributed by atoms with E-state index >= 15 is 0 Å². The number of carbonyl (C=O) groups is 1. The highest BCUT2D eigenvalue weighted by molar-refractivity contribution is 6.06. The number of rotatable bonds is 5. The molecule has 1 amide bonds. The van der Waals surface area contributed by atoms with E-state index in [1.54, 1.807) is 13.0 Å². The van der Waals surface area contributed by atoms with Crippen LogP contribution in [0.3, 0.4) is 0 Å². The SMILES string of the molecule is CCOc1ccc([C@@H](C)NC(=O)c2cc(C)nc3onc(C)c23)cc1. The minimum Gasteiger partial charge on any atom is -0.494 e. The Hall–Kier alpha value is -2.89. The fraction of sp³-hybridized carbons (Fsp3) is 0.316. The molecule has 25 heavy (non-hydrogen) atoms. The second-order valence-corrected chi connectivity index (χ2v) is 5.96. The van der Waals surface area contributed by atoms with E-state index in [0.29, 0.717) is 34.7 Å². The van der Waals surface area contributed by atoms with Crippen molar-refractivity contribution in [2.45, 2.75) is 33.7 Å². The highest BCUT2D eigenvalue weighted by Crippen LogP contribution is 2.23. The summed E-state index contributed by atoms with van der Waals surface area (Å²) in [6, 6.07) is 9.32. The summed E-state index contributed by atoms with van der Waals surface area (Å²) in [5.74, 6) is 0.638. The first-order valence-electron chi connectivity index (χ1n) is 8.26. The number of aromatic nitrogens is 2. The number of benzene rings is 1. The number of ether oxygens (including phenoxy) is 1. The molecule has 6 heteroatoms.